The molecule has 0 spiro atoms. The van der Waals surface area contributed by atoms with Crippen LogP contribution in [-0.4, -0.2) is 63.0 Å². The number of aromatic nitrogens is 4. The van der Waals surface area contributed by atoms with Crippen LogP contribution in [0.4, 0.5) is 17.5 Å². The summed E-state index contributed by atoms with van der Waals surface area (Å²) in [6.45, 7) is 3.93. The maximum atomic E-state index is 5.55. The van der Waals surface area contributed by atoms with Gasteiger partial charge in [-0.2, -0.15) is 10.1 Å². The van der Waals surface area contributed by atoms with Crippen LogP contribution < -0.4 is 10.6 Å². The van der Waals surface area contributed by atoms with Gasteiger partial charge in [0.05, 0.1) is 30.5 Å². The second-order valence-corrected chi connectivity index (χ2v) is 10.7. The van der Waals surface area contributed by atoms with Gasteiger partial charge in [-0.3, -0.25) is 9.58 Å². The number of ether oxygens (including phenoxy) is 1. The highest BCUT2D eigenvalue weighted by atomic mass is 32.1. The molecule has 6 rings (SSSR count). The predicted octanol–water partition coefficient (Wildman–Crippen LogP) is 4.10. The Balaban J connectivity index is 1.25. The Bertz CT molecular complexity index is 1110. The van der Waals surface area contributed by atoms with E-state index in [1.54, 1.807) is 4.68 Å². The summed E-state index contributed by atoms with van der Waals surface area (Å²) in [5, 5.41) is 12.8. The van der Waals surface area contributed by atoms with Crippen molar-refractivity contribution in [2.24, 2.45) is 7.05 Å². The summed E-state index contributed by atoms with van der Waals surface area (Å²) in [6.07, 6.45) is 13.5. The fourth-order valence-electron chi connectivity index (χ4n) is 5.65. The van der Waals surface area contributed by atoms with Crippen LogP contribution in [0, 0.1) is 0 Å². The molecule has 3 aliphatic rings. The van der Waals surface area contributed by atoms with E-state index in [1.165, 1.54) is 60.8 Å². The van der Waals surface area contributed by atoms with E-state index in [-0.39, 0.29) is 0 Å². The van der Waals surface area contributed by atoms with Crippen LogP contribution in [0.3, 0.4) is 0 Å². The van der Waals surface area contributed by atoms with Crippen molar-refractivity contribution in [3.8, 4) is 0 Å². The molecule has 2 N–H and O–H groups in total. The van der Waals surface area contributed by atoms with Crippen LogP contribution in [0.2, 0.25) is 0 Å². The van der Waals surface area contributed by atoms with Crippen molar-refractivity contribution in [2.45, 2.75) is 63.5 Å². The van der Waals surface area contributed by atoms with Crippen LogP contribution >= 0.6 is 11.3 Å². The third kappa shape index (κ3) is 4.46. The highest BCUT2D eigenvalue weighted by Crippen LogP contribution is 2.40. The largest absolute Gasteiger partial charge is 0.379 e. The van der Waals surface area contributed by atoms with Gasteiger partial charge in [-0.1, -0.05) is 0 Å². The standard InChI is InChI=1S/C24H33N7OS/c1-30-15-17(14-25-30)27-24-28-22(21-19-4-2-3-5-20(19)33-23(21)29-24)26-16-6-8-18(9-7-16)31-10-12-32-13-11-31/h14-16,18H,2-13H2,1H3,(H2,26,27,28,29)/t16-,18-. The Kier molecular flexibility index (Phi) is 5.94. The molecule has 2 aliphatic carbocycles. The van der Waals surface area contributed by atoms with Gasteiger partial charge in [-0.15, -0.1) is 11.3 Å². The molecule has 0 bridgehead atoms. The number of hydrogen-bond acceptors (Lipinski definition) is 8. The number of hydrogen-bond donors (Lipinski definition) is 2. The van der Waals surface area contributed by atoms with Gasteiger partial charge >= 0.3 is 0 Å². The predicted molar refractivity (Wildman–Crippen MR) is 133 cm³/mol. The number of nitrogens with one attached hydrogen (secondary N) is 2. The SMILES string of the molecule is Cn1cc(Nc2nc(N[C@H]3CC[C@H](N4CCOCC4)CC3)c3c4c(sc3n2)CCCC4)cn1. The molecule has 0 atom stereocenters. The molecule has 8 nitrogen and oxygen atoms in total. The fraction of sp³-hybridized carbons (Fsp3) is 0.625. The van der Waals surface area contributed by atoms with Gasteiger partial charge in [0.25, 0.3) is 0 Å². The van der Waals surface area contributed by atoms with E-state index in [9.17, 15) is 0 Å². The van der Waals surface area contributed by atoms with E-state index in [0.29, 0.717) is 18.0 Å². The number of fused-ring (bicyclic) bond motifs is 3. The molecular weight excluding hydrogens is 434 g/mol. The highest BCUT2D eigenvalue weighted by Gasteiger charge is 2.28. The first-order valence-corrected chi connectivity index (χ1v) is 13.2. The van der Waals surface area contributed by atoms with Crippen molar-refractivity contribution >= 4 is 39.0 Å². The van der Waals surface area contributed by atoms with E-state index >= 15 is 0 Å². The second-order valence-electron chi connectivity index (χ2n) is 9.61. The van der Waals surface area contributed by atoms with Crippen molar-refractivity contribution in [1.82, 2.24) is 24.6 Å². The maximum Gasteiger partial charge on any atom is 0.230 e. The molecule has 2 fully saturated rings. The molecule has 0 radical (unpaired) electrons. The van der Waals surface area contributed by atoms with Crippen LogP contribution in [-0.2, 0) is 24.6 Å². The first-order chi connectivity index (χ1) is 16.2. The Labute approximate surface area is 198 Å². The van der Waals surface area contributed by atoms with Gasteiger partial charge < -0.3 is 15.4 Å². The number of anilines is 3. The van der Waals surface area contributed by atoms with E-state index in [1.807, 2.05) is 30.8 Å². The first kappa shape index (κ1) is 21.3. The van der Waals surface area contributed by atoms with Crippen LogP contribution in [0.25, 0.3) is 10.2 Å². The second kappa shape index (κ2) is 9.19. The van der Waals surface area contributed by atoms with E-state index in [4.69, 9.17) is 14.7 Å². The molecule has 33 heavy (non-hydrogen) atoms. The number of morpholine rings is 1. The summed E-state index contributed by atoms with van der Waals surface area (Å²) in [5.74, 6) is 1.67. The van der Waals surface area contributed by atoms with Crippen molar-refractivity contribution in [1.29, 1.82) is 0 Å². The zero-order valence-corrected chi connectivity index (χ0v) is 20.2. The van der Waals surface area contributed by atoms with E-state index < -0.39 is 0 Å². The zero-order chi connectivity index (χ0) is 22.2. The summed E-state index contributed by atoms with van der Waals surface area (Å²) in [4.78, 5) is 15.2. The van der Waals surface area contributed by atoms with Gasteiger partial charge in [0.2, 0.25) is 5.95 Å². The average molecular weight is 468 g/mol. The van der Waals surface area contributed by atoms with Crippen LogP contribution in [0.15, 0.2) is 12.4 Å². The van der Waals surface area contributed by atoms with Gasteiger partial charge in [-0.05, 0) is 56.9 Å². The molecule has 1 saturated carbocycles. The summed E-state index contributed by atoms with van der Waals surface area (Å²) in [6, 6.07) is 1.17. The lowest BCUT2D eigenvalue weighted by Crippen LogP contribution is -2.46. The van der Waals surface area contributed by atoms with Crippen molar-refractivity contribution < 1.29 is 4.74 Å². The lowest BCUT2D eigenvalue weighted by atomic mass is 9.89. The maximum absolute atomic E-state index is 5.55. The van der Waals surface area contributed by atoms with Gasteiger partial charge in [0.15, 0.2) is 0 Å². The fourth-order valence-corrected chi connectivity index (χ4v) is 6.92. The molecule has 9 heteroatoms. The number of rotatable bonds is 5. The minimum Gasteiger partial charge on any atom is -0.379 e. The van der Waals surface area contributed by atoms with Gasteiger partial charge in [-0.25, -0.2) is 4.98 Å². The Morgan fingerprint density at radius 1 is 1.06 bits per heavy atom. The quantitative estimate of drug-likeness (QED) is 0.585. The summed E-state index contributed by atoms with van der Waals surface area (Å²) >= 11 is 1.85. The molecule has 0 unspecified atom stereocenters. The monoisotopic (exact) mass is 467 g/mol. The molecule has 176 valence electrons. The minimum absolute atomic E-state index is 0.464. The lowest BCUT2D eigenvalue weighted by molar-refractivity contribution is 0.00791. The molecule has 1 aliphatic heterocycles. The van der Waals surface area contributed by atoms with Crippen molar-refractivity contribution in [3.05, 3.63) is 22.8 Å². The van der Waals surface area contributed by atoms with E-state index in [2.05, 4.69) is 20.6 Å². The number of nitrogens with zero attached hydrogens (tertiary/aromatic N) is 5. The third-order valence-electron chi connectivity index (χ3n) is 7.38. The molecule has 0 aromatic carbocycles. The molecule has 0 amide bonds. The minimum atomic E-state index is 0.464. The lowest BCUT2D eigenvalue weighted by Gasteiger charge is -2.39. The average Bonchev–Trinajstić information content (AvgIpc) is 3.43. The molecule has 4 heterocycles. The number of thiophene rings is 1. The molecule has 3 aromatic heterocycles. The number of aryl methyl sites for hydroxylation is 3. The first-order valence-electron chi connectivity index (χ1n) is 12.4. The molecular formula is C24H33N7OS. The van der Waals surface area contributed by atoms with Crippen molar-refractivity contribution in [2.75, 3.05) is 36.9 Å². The van der Waals surface area contributed by atoms with Gasteiger partial charge in [0, 0.05) is 43.3 Å². The van der Waals surface area contributed by atoms with Crippen LogP contribution in [0.1, 0.15) is 49.0 Å². The Morgan fingerprint density at radius 3 is 2.67 bits per heavy atom. The highest BCUT2D eigenvalue weighted by molar-refractivity contribution is 7.19. The topological polar surface area (TPSA) is 80.1 Å². The van der Waals surface area contributed by atoms with E-state index in [0.717, 1.165) is 49.1 Å². The summed E-state index contributed by atoms with van der Waals surface area (Å²) in [7, 11) is 1.92. The normalized spacial score (nSPS) is 24.0. The van der Waals surface area contributed by atoms with Crippen LogP contribution in [0.5, 0.6) is 0 Å². The van der Waals surface area contributed by atoms with Crippen molar-refractivity contribution in [3.63, 3.8) is 0 Å². The Morgan fingerprint density at radius 2 is 1.88 bits per heavy atom. The zero-order valence-electron chi connectivity index (χ0n) is 19.3. The Hall–Kier alpha value is -2.23. The summed E-state index contributed by atoms with van der Waals surface area (Å²) in [5.41, 5.74) is 2.40. The smallest absolute Gasteiger partial charge is 0.230 e. The summed E-state index contributed by atoms with van der Waals surface area (Å²) < 4.78 is 7.33. The molecule has 3 aromatic rings. The van der Waals surface area contributed by atoms with Gasteiger partial charge in [0.1, 0.15) is 10.6 Å². The third-order valence-corrected chi connectivity index (χ3v) is 8.56. The molecule has 1 saturated heterocycles.